The quantitative estimate of drug-likeness (QED) is 0.317. The van der Waals surface area contributed by atoms with Crippen LogP contribution in [0.5, 0.6) is 0 Å². The number of nitrogens with one attached hydrogen (secondary N) is 2. The third-order valence-corrected chi connectivity index (χ3v) is 5.65. The number of carbonyl (C=O) groups excluding carboxylic acids is 2. The molecule has 0 heterocycles. The first-order chi connectivity index (χ1) is 16.5. The molecule has 176 valence electrons. The maximum atomic E-state index is 12.9. The van der Waals surface area contributed by atoms with Gasteiger partial charge in [-0.1, -0.05) is 80.1 Å². The van der Waals surface area contributed by atoms with E-state index >= 15 is 0 Å². The summed E-state index contributed by atoms with van der Waals surface area (Å²) in [7, 11) is 0. The van der Waals surface area contributed by atoms with E-state index < -0.39 is 16.9 Å². The molecular formula is C27H29N3O4. The zero-order chi connectivity index (χ0) is 24.3. The zero-order valence-electron chi connectivity index (χ0n) is 19.1. The zero-order valence-corrected chi connectivity index (χ0v) is 19.1. The highest BCUT2D eigenvalue weighted by Crippen LogP contribution is 2.27. The van der Waals surface area contributed by atoms with Gasteiger partial charge in [-0.3, -0.25) is 19.7 Å². The molecule has 0 bridgehead atoms. The molecule has 7 heteroatoms. The smallest absolute Gasteiger partial charge is 0.270 e. The third-order valence-electron chi connectivity index (χ3n) is 5.65. The maximum Gasteiger partial charge on any atom is 0.270 e. The number of amides is 2. The molecule has 0 radical (unpaired) electrons. The SMILES string of the molecule is CCCC(NC(=O)c1cccc([N+](=O)[O-])c1)C(=O)NCCC(c1ccccc1)c1ccccc1. The number of nitrogens with zero attached hydrogens (tertiary/aromatic N) is 1. The monoisotopic (exact) mass is 459 g/mol. The number of hydrogen-bond donors (Lipinski definition) is 2. The molecule has 3 rings (SSSR count). The van der Waals surface area contributed by atoms with Crippen molar-refractivity contribution in [3.63, 3.8) is 0 Å². The molecule has 0 saturated carbocycles. The van der Waals surface area contributed by atoms with Crippen molar-refractivity contribution in [1.29, 1.82) is 0 Å². The largest absolute Gasteiger partial charge is 0.354 e. The maximum absolute atomic E-state index is 12.9. The third kappa shape index (κ3) is 6.75. The number of rotatable bonds is 11. The Morgan fingerprint density at radius 3 is 2.06 bits per heavy atom. The summed E-state index contributed by atoms with van der Waals surface area (Å²) in [5.41, 5.74) is 2.33. The lowest BCUT2D eigenvalue weighted by molar-refractivity contribution is -0.384. The van der Waals surface area contributed by atoms with Crippen molar-refractivity contribution in [2.24, 2.45) is 0 Å². The molecule has 0 saturated heterocycles. The van der Waals surface area contributed by atoms with Gasteiger partial charge in [0.1, 0.15) is 6.04 Å². The molecule has 0 aliphatic carbocycles. The topological polar surface area (TPSA) is 101 Å². The van der Waals surface area contributed by atoms with E-state index in [1.807, 2.05) is 43.3 Å². The van der Waals surface area contributed by atoms with E-state index in [1.165, 1.54) is 35.4 Å². The van der Waals surface area contributed by atoms with E-state index in [0.717, 1.165) is 0 Å². The number of carbonyl (C=O) groups is 2. The highest BCUT2D eigenvalue weighted by atomic mass is 16.6. The Balaban J connectivity index is 1.64. The Labute approximate surface area is 199 Å². The molecule has 2 N–H and O–H groups in total. The summed E-state index contributed by atoms with van der Waals surface area (Å²) in [6.07, 6.45) is 1.87. The van der Waals surface area contributed by atoms with E-state index in [9.17, 15) is 19.7 Å². The van der Waals surface area contributed by atoms with E-state index in [0.29, 0.717) is 25.8 Å². The van der Waals surface area contributed by atoms with Crippen molar-refractivity contribution in [1.82, 2.24) is 10.6 Å². The fourth-order valence-electron chi connectivity index (χ4n) is 3.92. The van der Waals surface area contributed by atoms with Gasteiger partial charge in [-0.15, -0.1) is 0 Å². The summed E-state index contributed by atoms with van der Waals surface area (Å²) in [5.74, 6) is -0.643. The summed E-state index contributed by atoms with van der Waals surface area (Å²) in [6.45, 7) is 2.38. The molecule has 34 heavy (non-hydrogen) atoms. The highest BCUT2D eigenvalue weighted by molar-refractivity contribution is 5.98. The van der Waals surface area contributed by atoms with Crippen LogP contribution in [0.1, 0.15) is 53.6 Å². The minimum Gasteiger partial charge on any atom is -0.354 e. The summed E-state index contributed by atoms with van der Waals surface area (Å²) < 4.78 is 0. The normalized spacial score (nSPS) is 11.6. The average Bonchev–Trinajstić information content (AvgIpc) is 2.87. The Bertz CT molecular complexity index is 1060. The second-order valence-electron chi connectivity index (χ2n) is 8.08. The second kappa shape index (κ2) is 12.3. The first-order valence-electron chi connectivity index (χ1n) is 11.4. The summed E-state index contributed by atoms with van der Waals surface area (Å²) in [4.78, 5) is 36.0. The van der Waals surface area contributed by atoms with Gasteiger partial charge in [-0.2, -0.15) is 0 Å². The number of non-ortho nitro benzene ring substituents is 1. The molecule has 1 atom stereocenters. The molecule has 0 aromatic heterocycles. The summed E-state index contributed by atoms with van der Waals surface area (Å²) in [6, 6.07) is 25.1. The molecule has 0 aliphatic rings. The average molecular weight is 460 g/mol. The van der Waals surface area contributed by atoms with Gasteiger partial charge in [0.2, 0.25) is 5.91 Å². The number of benzene rings is 3. The number of hydrogen-bond acceptors (Lipinski definition) is 4. The van der Waals surface area contributed by atoms with Crippen LogP contribution in [0.3, 0.4) is 0 Å². The lowest BCUT2D eigenvalue weighted by Gasteiger charge is -2.21. The van der Waals surface area contributed by atoms with Crippen molar-refractivity contribution in [2.75, 3.05) is 6.54 Å². The van der Waals surface area contributed by atoms with Crippen LogP contribution in [0, 0.1) is 10.1 Å². The van der Waals surface area contributed by atoms with E-state index in [4.69, 9.17) is 0 Å². The van der Waals surface area contributed by atoms with Crippen molar-refractivity contribution < 1.29 is 14.5 Å². The first-order valence-corrected chi connectivity index (χ1v) is 11.4. The lowest BCUT2D eigenvalue weighted by Crippen LogP contribution is -2.47. The molecule has 0 fully saturated rings. The van der Waals surface area contributed by atoms with Crippen LogP contribution in [-0.4, -0.2) is 29.3 Å². The predicted octanol–water partition coefficient (Wildman–Crippen LogP) is 4.83. The van der Waals surface area contributed by atoms with Gasteiger partial charge in [0.05, 0.1) is 4.92 Å². The van der Waals surface area contributed by atoms with Crippen LogP contribution < -0.4 is 10.6 Å². The standard InChI is InChI=1S/C27H29N3O4/c1-2-10-25(29-26(31)22-15-9-16-23(19-22)30(33)34)27(32)28-18-17-24(20-11-5-3-6-12-20)21-13-7-4-8-14-21/h3-9,11-16,19,24-25H,2,10,17-18H2,1H3,(H,28,32)(H,29,31). The van der Waals surface area contributed by atoms with Crippen LogP contribution in [-0.2, 0) is 4.79 Å². The van der Waals surface area contributed by atoms with Gasteiger partial charge in [0.15, 0.2) is 0 Å². The fraction of sp³-hybridized carbons (Fsp3) is 0.259. The van der Waals surface area contributed by atoms with Crippen molar-refractivity contribution in [3.05, 3.63) is 112 Å². The molecule has 3 aromatic carbocycles. The summed E-state index contributed by atoms with van der Waals surface area (Å²) in [5, 5.41) is 16.7. The van der Waals surface area contributed by atoms with E-state index in [2.05, 4.69) is 34.9 Å². The Morgan fingerprint density at radius 2 is 1.50 bits per heavy atom. The number of nitro benzene ring substituents is 1. The van der Waals surface area contributed by atoms with E-state index in [1.54, 1.807) is 0 Å². The molecule has 0 spiro atoms. The minimum absolute atomic E-state index is 0.131. The van der Waals surface area contributed by atoms with Crippen LogP contribution in [0.2, 0.25) is 0 Å². The van der Waals surface area contributed by atoms with Gasteiger partial charge in [-0.25, -0.2) is 0 Å². The molecule has 2 amide bonds. The second-order valence-corrected chi connectivity index (χ2v) is 8.08. The highest BCUT2D eigenvalue weighted by Gasteiger charge is 2.22. The Morgan fingerprint density at radius 1 is 0.882 bits per heavy atom. The van der Waals surface area contributed by atoms with Crippen LogP contribution in [0.25, 0.3) is 0 Å². The van der Waals surface area contributed by atoms with Gasteiger partial charge >= 0.3 is 0 Å². The number of nitro groups is 1. The van der Waals surface area contributed by atoms with Crippen molar-refractivity contribution in [3.8, 4) is 0 Å². The van der Waals surface area contributed by atoms with Gasteiger partial charge in [0, 0.05) is 30.2 Å². The van der Waals surface area contributed by atoms with Crippen molar-refractivity contribution in [2.45, 2.75) is 38.1 Å². The molecule has 3 aromatic rings. The van der Waals surface area contributed by atoms with Crippen LogP contribution in [0.15, 0.2) is 84.9 Å². The van der Waals surface area contributed by atoms with Crippen LogP contribution in [0.4, 0.5) is 5.69 Å². The van der Waals surface area contributed by atoms with Gasteiger partial charge in [-0.05, 0) is 30.0 Å². The molecule has 7 nitrogen and oxygen atoms in total. The summed E-state index contributed by atoms with van der Waals surface area (Å²) >= 11 is 0. The van der Waals surface area contributed by atoms with Crippen molar-refractivity contribution >= 4 is 17.5 Å². The van der Waals surface area contributed by atoms with Crippen LogP contribution >= 0.6 is 0 Å². The molecular weight excluding hydrogens is 430 g/mol. The Hall–Kier alpha value is -4.00. The fourth-order valence-corrected chi connectivity index (χ4v) is 3.92. The Kier molecular flexibility index (Phi) is 8.91. The van der Waals surface area contributed by atoms with E-state index in [-0.39, 0.29) is 23.1 Å². The van der Waals surface area contributed by atoms with Gasteiger partial charge in [0.25, 0.3) is 11.6 Å². The predicted molar refractivity (Wildman–Crippen MR) is 132 cm³/mol. The molecule has 1 unspecified atom stereocenters. The van der Waals surface area contributed by atoms with Gasteiger partial charge < -0.3 is 10.6 Å². The first kappa shape index (κ1) is 24.6. The molecule has 0 aliphatic heterocycles. The minimum atomic E-state index is -0.719. The lowest BCUT2D eigenvalue weighted by atomic mass is 9.88.